The topological polar surface area (TPSA) is 81.4 Å². The number of benzene rings is 1. The van der Waals surface area contributed by atoms with Gasteiger partial charge in [-0.3, -0.25) is 4.79 Å². The lowest BCUT2D eigenvalue weighted by atomic mass is 10.0. The van der Waals surface area contributed by atoms with E-state index < -0.39 is 14.6 Å². The van der Waals surface area contributed by atoms with Crippen LogP contribution < -0.4 is 5.63 Å². The van der Waals surface area contributed by atoms with E-state index in [4.69, 9.17) is 4.42 Å². The van der Waals surface area contributed by atoms with E-state index in [2.05, 4.69) is 0 Å². The Morgan fingerprint density at radius 1 is 1.07 bits per heavy atom. The Balaban J connectivity index is 1.85. The third-order valence-corrected chi connectivity index (χ3v) is 7.36. The average molecular weight is 393 g/mol. The predicted molar refractivity (Wildman–Crippen MR) is 108 cm³/mol. The predicted octanol–water partition coefficient (Wildman–Crippen LogP) is 3.99. The maximum absolute atomic E-state index is 12.2. The molecule has 0 fully saturated rings. The highest BCUT2D eigenvalue weighted by atomic mass is 32.2. The van der Waals surface area contributed by atoms with Crippen molar-refractivity contribution in [1.29, 1.82) is 0 Å². The molecule has 0 N–H and O–H groups in total. The van der Waals surface area contributed by atoms with Crippen LogP contribution in [0.2, 0.25) is 0 Å². The summed E-state index contributed by atoms with van der Waals surface area (Å²) in [7, 11) is -3.09. The van der Waals surface area contributed by atoms with Gasteiger partial charge in [-0.15, -0.1) is 0 Å². The van der Waals surface area contributed by atoms with Gasteiger partial charge >= 0.3 is 5.63 Å². The van der Waals surface area contributed by atoms with Crippen LogP contribution >= 0.6 is 0 Å². The minimum Gasteiger partial charge on any atom is -0.422 e. The summed E-state index contributed by atoms with van der Waals surface area (Å²) >= 11 is 0. The van der Waals surface area contributed by atoms with Crippen LogP contribution in [0.3, 0.4) is 0 Å². The van der Waals surface area contributed by atoms with E-state index in [1.54, 1.807) is 26.8 Å². The Hall–Kier alpha value is -1.95. The fraction of sp³-hybridized carbons (Fsp3) is 0.524. The van der Waals surface area contributed by atoms with Crippen molar-refractivity contribution in [1.82, 2.24) is 0 Å². The van der Waals surface area contributed by atoms with Crippen molar-refractivity contribution >= 4 is 26.6 Å². The Morgan fingerprint density at radius 2 is 1.78 bits per heavy atom. The zero-order chi connectivity index (χ0) is 20.2. The van der Waals surface area contributed by atoms with Crippen molar-refractivity contribution in [3.63, 3.8) is 0 Å². The molecule has 1 aromatic carbocycles. The van der Waals surface area contributed by atoms with Gasteiger partial charge < -0.3 is 4.42 Å². The van der Waals surface area contributed by atoms with Gasteiger partial charge in [0.1, 0.15) is 11.4 Å². The molecule has 0 unspecified atom stereocenters. The Morgan fingerprint density at radius 3 is 2.44 bits per heavy atom. The first kappa shape index (κ1) is 21.4. The summed E-state index contributed by atoms with van der Waals surface area (Å²) in [4.78, 5) is 23.6. The van der Waals surface area contributed by atoms with Crippen LogP contribution in [0.25, 0.3) is 11.0 Å². The third-order valence-electron chi connectivity index (χ3n) is 4.67. The lowest BCUT2D eigenvalue weighted by Crippen LogP contribution is -2.30. The summed E-state index contributed by atoms with van der Waals surface area (Å²) in [6, 6.07) is 6.83. The summed E-state index contributed by atoms with van der Waals surface area (Å²) in [6.07, 6.45) is 2.77. The number of ketones is 1. The van der Waals surface area contributed by atoms with E-state index in [0.717, 1.165) is 22.9 Å². The SMILES string of the molecule is Cc1cc(CC(=O)CCCCCS(=O)(=O)C(C)(C)C)cc2ccc(=O)oc12. The maximum Gasteiger partial charge on any atom is 0.336 e. The molecule has 0 aliphatic heterocycles. The van der Waals surface area contributed by atoms with E-state index in [-0.39, 0.29) is 17.2 Å². The molecular formula is C21H28O5S. The van der Waals surface area contributed by atoms with Crippen molar-refractivity contribution in [3.8, 4) is 0 Å². The number of carbonyl (C=O) groups is 1. The fourth-order valence-corrected chi connectivity index (χ4v) is 4.15. The van der Waals surface area contributed by atoms with Gasteiger partial charge in [0, 0.05) is 24.3 Å². The molecule has 0 aliphatic rings. The standard InChI is InChI=1S/C21H28O5S/c1-15-12-16(13-17-9-10-19(23)26-20(15)17)14-18(22)8-6-5-7-11-27(24,25)21(2,3)4/h9-10,12-13H,5-8,11,14H2,1-4H3. The summed E-state index contributed by atoms with van der Waals surface area (Å²) in [5, 5.41) is 0.810. The van der Waals surface area contributed by atoms with Crippen molar-refractivity contribution in [2.45, 2.75) is 64.5 Å². The van der Waals surface area contributed by atoms with E-state index in [9.17, 15) is 18.0 Å². The molecular weight excluding hydrogens is 364 g/mol. The minimum atomic E-state index is -3.09. The highest BCUT2D eigenvalue weighted by Crippen LogP contribution is 2.21. The summed E-state index contributed by atoms with van der Waals surface area (Å²) in [5.41, 5.74) is 1.90. The number of aryl methyl sites for hydroxylation is 1. The van der Waals surface area contributed by atoms with Crippen molar-refractivity contribution in [2.24, 2.45) is 0 Å². The smallest absolute Gasteiger partial charge is 0.336 e. The van der Waals surface area contributed by atoms with Crippen molar-refractivity contribution in [3.05, 3.63) is 45.8 Å². The third kappa shape index (κ3) is 5.76. The van der Waals surface area contributed by atoms with Crippen LogP contribution in [-0.2, 0) is 21.1 Å². The molecule has 5 nitrogen and oxygen atoms in total. The van der Waals surface area contributed by atoms with Gasteiger partial charge in [0.15, 0.2) is 9.84 Å². The molecule has 6 heteroatoms. The zero-order valence-electron chi connectivity index (χ0n) is 16.5. The molecule has 0 aliphatic carbocycles. The summed E-state index contributed by atoms with van der Waals surface area (Å²) in [6.45, 7) is 6.99. The molecule has 0 saturated carbocycles. The first-order valence-electron chi connectivity index (χ1n) is 9.27. The quantitative estimate of drug-likeness (QED) is 0.501. The molecule has 0 radical (unpaired) electrons. The van der Waals surface area contributed by atoms with Crippen LogP contribution in [0, 0.1) is 6.92 Å². The van der Waals surface area contributed by atoms with E-state index in [0.29, 0.717) is 31.3 Å². The number of rotatable bonds is 8. The van der Waals surface area contributed by atoms with E-state index in [1.165, 1.54) is 6.07 Å². The Labute approximate surface area is 160 Å². The van der Waals surface area contributed by atoms with Gasteiger partial charge in [0.05, 0.1) is 10.5 Å². The number of Topliss-reactive ketones (excluding diaryl/α,β-unsaturated/α-hetero) is 1. The molecule has 148 valence electrons. The van der Waals surface area contributed by atoms with Gasteiger partial charge in [0.25, 0.3) is 0 Å². The number of hydrogen-bond acceptors (Lipinski definition) is 5. The zero-order valence-corrected chi connectivity index (χ0v) is 17.3. The number of sulfone groups is 1. The average Bonchev–Trinajstić information content (AvgIpc) is 2.54. The lowest BCUT2D eigenvalue weighted by Gasteiger charge is -2.18. The molecule has 27 heavy (non-hydrogen) atoms. The fourth-order valence-electron chi connectivity index (χ4n) is 2.95. The molecule has 0 amide bonds. The number of unbranched alkanes of at least 4 members (excludes halogenated alkanes) is 2. The van der Waals surface area contributed by atoms with Crippen LogP contribution in [0.15, 0.2) is 33.5 Å². The molecule has 0 saturated heterocycles. The molecule has 0 bridgehead atoms. The van der Waals surface area contributed by atoms with Crippen molar-refractivity contribution in [2.75, 3.05) is 5.75 Å². The monoisotopic (exact) mass is 392 g/mol. The van der Waals surface area contributed by atoms with E-state index >= 15 is 0 Å². The normalized spacial score (nSPS) is 12.4. The molecule has 2 rings (SSSR count). The van der Waals surface area contributed by atoms with Crippen LogP contribution in [-0.4, -0.2) is 24.7 Å². The minimum absolute atomic E-state index is 0.129. The highest BCUT2D eigenvalue weighted by Gasteiger charge is 2.27. The van der Waals surface area contributed by atoms with Gasteiger partial charge in [0.2, 0.25) is 0 Å². The Bertz CT molecular complexity index is 978. The van der Waals surface area contributed by atoms with Crippen LogP contribution in [0.5, 0.6) is 0 Å². The second kappa shape index (κ2) is 8.38. The molecule has 1 heterocycles. The number of carbonyl (C=O) groups excluding carboxylic acids is 1. The number of hydrogen-bond donors (Lipinski definition) is 0. The molecule has 0 spiro atoms. The van der Waals surface area contributed by atoms with Gasteiger partial charge in [-0.1, -0.05) is 12.5 Å². The van der Waals surface area contributed by atoms with E-state index in [1.807, 2.05) is 19.1 Å². The van der Waals surface area contributed by atoms with Gasteiger partial charge in [-0.25, -0.2) is 13.2 Å². The number of fused-ring (bicyclic) bond motifs is 1. The molecule has 0 atom stereocenters. The second-order valence-electron chi connectivity index (χ2n) is 8.04. The lowest BCUT2D eigenvalue weighted by molar-refractivity contribution is -0.118. The van der Waals surface area contributed by atoms with Crippen LogP contribution in [0.4, 0.5) is 0 Å². The van der Waals surface area contributed by atoms with Crippen LogP contribution in [0.1, 0.15) is 57.6 Å². The van der Waals surface area contributed by atoms with Gasteiger partial charge in [-0.05, 0) is 63.8 Å². The highest BCUT2D eigenvalue weighted by molar-refractivity contribution is 7.92. The first-order chi connectivity index (χ1) is 12.5. The largest absolute Gasteiger partial charge is 0.422 e. The maximum atomic E-state index is 12.2. The summed E-state index contributed by atoms with van der Waals surface area (Å²) in [5.74, 6) is 0.296. The second-order valence-corrected chi connectivity index (χ2v) is 10.9. The van der Waals surface area contributed by atoms with Gasteiger partial charge in [-0.2, -0.15) is 0 Å². The summed E-state index contributed by atoms with van der Waals surface area (Å²) < 4.78 is 28.6. The Kier molecular flexibility index (Phi) is 6.63. The molecule has 1 aromatic heterocycles. The molecule has 2 aromatic rings. The van der Waals surface area contributed by atoms with Crippen molar-refractivity contribution < 1.29 is 17.6 Å². The first-order valence-corrected chi connectivity index (χ1v) is 10.9.